The highest BCUT2D eigenvalue weighted by Crippen LogP contribution is 2.28. The summed E-state index contributed by atoms with van der Waals surface area (Å²) in [5.74, 6) is -1.89. The zero-order valence-electron chi connectivity index (χ0n) is 19.3. The zero-order chi connectivity index (χ0) is 24.9. The number of ether oxygens (including phenoxy) is 3. The van der Waals surface area contributed by atoms with Gasteiger partial charge in [-0.15, -0.1) is 0 Å². The average Bonchev–Trinajstić information content (AvgIpc) is 3.06. The van der Waals surface area contributed by atoms with Crippen LogP contribution in [-0.4, -0.2) is 70.0 Å². The number of anilines is 1. The van der Waals surface area contributed by atoms with Crippen molar-refractivity contribution in [1.29, 1.82) is 0 Å². The minimum absolute atomic E-state index is 0.0503. The van der Waals surface area contributed by atoms with Crippen LogP contribution in [0.1, 0.15) is 39.0 Å². The summed E-state index contributed by atoms with van der Waals surface area (Å²) in [5.41, 5.74) is 1.10. The van der Waals surface area contributed by atoms with Crippen molar-refractivity contribution in [3.8, 4) is 5.75 Å². The quantitative estimate of drug-likeness (QED) is 0.517. The molecule has 0 fully saturated rings. The maximum absolute atomic E-state index is 12.5. The third-order valence-corrected chi connectivity index (χ3v) is 6.49. The van der Waals surface area contributed by atoms with Crippen molar-refractivity contribution in [2.75, 3.05) is 39.7 Å². The van der Waals surface area contributed by atoms with Crippen molar-refractivity contribution in [3.63, 3.8) is 0 Å². The van der Waals surface area contributed by atoms with E-state index in [1.165, 1.54) is 39.4 Å². The van der Waals surface area contributed by atoms with Crippen LogP contribution in [-0.2, 0) is 24.3 Å². The number of carbonyl (C=O) groups is 3. The number of esters is 2. The molecular weight excluding hydrogens is 454 g/mol. The summed E-state index contributed by atoms with van der Waals surface area (Å²) in [6.45, 7) is 4.35. The third-order valence-electron chi connectivity index (χ3n) is 4.68. The van der Waals surface area contributed by atoms with Crippen LogP contribution in [0.4, 0.5) is 5.69 Å². The van der Waals surface area contributed by atoms with Crippen LogP contribution in [0.3, 0.4) is 0 Å². The van der Waals surface area contributed by atoms with Gasteiger partial charge in [0.1, 0.15) is 11.4 Å². The lowest BCUT2D eigenvalue weighted by Gasteiger charge is -2.15. The molecule has 1 heterocycles. The molecule has 0 bridgehead atoms. The largest absolute Gasteiger partial charge is 0.495 e. The summed E-state index contributed by atoms with van der Waals surface area (Å²) in [4.78, 5) is 39.7. The van der Waals surface area contributed by atoms with E-state index < -0.39 is 34.5 Å². The summed E-state index contributed by atoms with van der Waals surface area (Å²) in [7, 11) is 0.393. The lowest BCUT2D eigenvalue weighted by Crippen LogP contribution is -2.24. The van der Waals surface area contributed by atoms with Crippen molar-refractivity contribution in [2.24, 2.45) is 0 Å². The minimum atomic E-state index is -3.74. The van der Waals surface area contributed by atoms with Crippen molar-refractivity contribution >= 4 is 33.6 Å². The number of H-pyrrole nitrogens is 1. The second-order valence-corrected chi connectivity index (χ2v) is 9.27. The fraction of sp³-hybridized carbons (Fsp3) is 0.381. The van der Waals surface area contributed by atoms with E-state index in [0.29, 0.717) is 11.3 Å². The molecule has 0 radical (unpaired) electrons. The number of hydrogen-bond donors (Lipinski definition) is 2. The molecule has 12 heteroatoms. The topological polar surface area (TPSA) is 144 Å². The van der Waals surface area contributed by atoms with Gasteiger partial charge in [-0.3, -0.25) is 4.79 Å². The van der Waals surface area contributed by atoms with Crippen LogP contribution in [0.15, 0.2) is 23.1 Å². The molecule has 1 aromatic heterocycles. The van der Waals surface area contributed by atoms with Gasteiger partial charge in [-0.1, -0.05) is 0 Å². The Morgan fingerprint density at radius 2 is 1.76 bits per heavy atom. The molecule has 0 saturated heterocycles. The van der Waals surface area contributed by atoms with Gasteiger partial charge < -0.3 is 24.5 Å². The van der Waals surface area contributed by atoms with E-state index in [0.717, 1.165) is 4.31 Å². The summed E-state index contributed by atoms with van der Waals surface area (Å²) >= 11 is 0. The fourth-order valence-corrected chi connectivity index (χ4v) is 3.94. The molecule has 33 heavy (non-hydrogen) atoms. The van der Waals surface area contributed by atoms with Gasteiger partial charge >= 0.3 is 11.9 Å². The number of nitrogens with one attached hydrogen (secondary N) is 2. The number of amides is 1. The number of rotatable bonds is 9. The molecule has 0 aliphatic rings. The number of hydrogen-bond acceptors (Lipinski definition) is 8. The number of aryl methyl sites for hydroxylation is 1. The Kier molecular flexibility index (Phi) is 8.23. The molecule has 0 aliphatic heterocycles. The molecule has 2 N–H and O–H groups in total. The molecule has 0 spiro atoms. The maximum atomic E-state index is 12.5. The van der Waals surface area contributed by atoms with Crippen LogP contribution in [0.5, 0.6) is 5.75 Å². The number of carbonyl (C=O) groups excluding carboxylic acids is 3. The monoisotopic (exact) mass is 481 g/mol. The molecule has 0 saturated carbocycles. The van der Waals surface area contributed by atoms with E-state index in [4.69, 9.17) is 14.2 Å². The highest BCUT2D eigenvalue weighted by Gasteiger charge is 2.25. The first kappa shape index (κ1) is 25.9. The third kappa shape index (κ3) is 5.71. The van der Waals surface area contributed by atoms with Crippen LogP contribution in [0.25, 0.3) is 0 Å². The first-order valence-electron chi connectivity index (χ1n) is 9.87. The highest BCUT2D eigenvalue weighted by atomic mass is 32.2. The zero-order valence-corrected chi connectivity index (χ0v) is 20.1. The Labute approximate surface area is 192 Å². The maximum Gasteiger partial charge on any atom is 0.355 e. The summed E-state index contributed by atoms with van der Waals surface area (Å²) in [5, 5.41) is 2.48. The van der Waals surface area contributed by atoms with Gasteiger partial charge in [-0.25, -0.2) is 22.3 Å². The first-order chi connectivity index (χ1) is 15.4. The predicted molar refractivity (Wildman–Crippen MR) is 119 cm³/mol. The molecule has 2 rings (SSSR count). The number of benzene rings is 1. The first-order valence-corrected chi connectivity index (χ1v) is 11.3. The van der Waals surface area contributed by atoms with E-state index in [9.17, 15) is 22.8 Å². The normalized spacial score (nSPS) is 11.2. The molecule has 2 aromatic rings. The van der Waals surface area contributed by atoms with Gasteiger partial charge in [0.15, 0.2) is 6.61 Å². The lowest BCUT2D eigenvalue weighted by atomic mass is 10.1. The van der Waals surface area contributed by atoms with Crippen LogP contribution in [0, 0.1) is 13.8 Å². The van der Waals surface area contributed by atoms with E-state index in [-0.39, 0.29) is 34.2 Å². The standard InChI is InChI=1S/C21H27N3O8S/c1-7-31-21(27)19-12(2)18(13(3)22-19)20(26)32-11-17(25)23-15-10-14(8-9-16(15)30-6)33(28,29)24(4)5/h8-10,22H,7,11H2,1-6H3,(H,23,25). The van der Waals surface area contributed by atoms with Gasteiger partial charge in [0.25, 0.3) is 5.91 Å². The molecule has 1 aromatic carbocycles. The molecular formula is C21H27N3O8S. The van der Waals surface area contributed by atoms with Crippen LogP contribution in [0.2, 0.25) is 0 Å². The Balaban J connectivity index is 2.15. The number of aromatic amines is 1. The molecule has 0 atom stereocenters. The van der Waals surface area contributed by atoms with Gasteiger partial charge in [0.05, 0.1) is 29.9 Å². The molecule has 11 nitrogen and oxygen atoms in total. The fourth-order valence-electron chi connectivity index (χ4n) is 3.01. The van der Waals surface area contributed by atoms with Crippen molar-refractivity contribution in [2.45, 2.75) is 25.7 Å². The number of aromatic nitrogens is 1. The number of sulfonamides is 1. The number of nitrogens with zero attached hydrogens (tertiary/aromatic N) is 1. The summed E-state index contributed by atoms with van der Waals surface area (Å²) in [6.07, 6.45) is 0. The van der Waals surface area contributed by atoms with Gasteiger partial charge in [-0.05, 0) is 44.5 Å². The summed E-state index contributed by atoms with van der Waals surface area (Å²) < 4.78 is 41.0. The van der Waals surface area contributed by atoms with E-state index in [2.05, 4.69) is 10.3 Å². The smallest absolute Gasteiger partial charge is 0.355 e. The SMILES string of the molecule is CCOC(=O)c1[nH]c(C)c(C(=O)OCC(=O)Nc2cc(S(=O)(=O)N(C)C)ccc2OC)c1C. The Hall–Kier alpha value is -3.38. The van der Waals surface area contributed by atoms with Gasteiger partial charge in [0.2, 0.25) is 10.0 Å². The van der Waals surface area contributed by atoms with Crippen molar-refractivity contribution < 1.29 is 37.0 Å². The highest BCUT2D eigenvalue weighted by molar-refractivity contribution is 7.89. The Morgan fingerprint density at radius 3 is 2.33 bits per heavy atom. The molecule has 0 unspecified atom stereocenters. The predicted octanol–water partition coefficient (Wildman–Crippen LogP) is 1.86. The van der Waals surface area contributed by atoms with E-state index >= 15 is 0 Å². The summed E-state index contributed by atoms with van der Waals surface area (Å²) in [6, 6.07) is 4.00. The lowest BCUT2D eigenvalue weighted by molar-refractivity contribution is -0.119. The van der Waals surface area contributed by atoms with E-state index in [1.807, 2.05) is 0 Å². The molecule has 1 amide bonds. The second-order valence-electron chi connectivity index (χ2n) is 7.12. The number of methoxy groups -OCH3 is 1. The van der Waals surface area contributed by atoms with Crippen molar-refractivity contribution in [3.05, 3.63) is 40.7 Å². The second kappa shape index (κ2) is 10.5. The van der Waals surface area contributed by atoms with E-state index in [1.54, 1.807) is 20.8 Å². The Bertz CT molecular complexity index is 1170. The van der Waals surface area contributed by atoms with Gasteiger partial charge in [0, 0.05) is 19.8 Å². The average molecular weight is 482 g/mol. The van der Waals surface area contributed by atoms with Crippen molar-refractivity contribution in [1.82, 2.24) is 9.29 Å². The van der Waals surface area contributed by atoms with Gasteiger partial charge in [-0.2, -0.15) is 0 Å². The molecule has 180 valence electrons. The molecule has 0 aliphatic carbocycles. The Morgan fingerprint density at radius 1 is 1.09 bits per heavy atom. The van der Waals surface area contributed by atoms with Crippen LogP contribution < -0.4 is 10.1 Å². The minimum Gasteiger partial charge on any atom is -0.495 e. The van der Waals surface area contributed by atoms with Crippen LogP contribution >= 0.6 is 0 Å².